The van der Waals surface area contributed by atoms with Crippen LogP contribution in [0.3, 0.4) is 0 Å². The highest BCUT2D eigenvalue weighted by molar-refractivity contribution is 14.1. The summed E-state index contributed by atoms with van der Waals surface area (Å²) in [4.78, 5) is 0. The van der Waals surface area contributed by atoms with Gasteiger partial charge >= 0.3 is 0 Å². The Hall–Kier alpha value is 0.420. The van der Waals surface area contributed by atoms with Gasteiger partial charge in [-0.25, -0.2) is 8.42 Å². The predicted molar refractivity (Wildman–Crippen MR) is 61.0 cm³/mol. The van der Waals surface area contributed by atoms with Gasteiger partial charge in [0.1, 0.15) is 0 Å². The summed E-state index contributed by atoms with van der Waals surface area (Å²) in [5, 5.41) is 1.37. The van der Waals surface area contributed by atoms with E-state index in [1.54, 1.807) is 6.92 Å². The lowest BCUT2D eigenvalue weighted by Gasteiger charge is -2.17. The lowest BCUT2D eigenvalue weighted by Crippen LogP contribution is -2.07. The fourth-order valence-electron chi connectivity index (χ4n) is 0.418. The van der Waals surface area contributed by atoms with Gasteiger partial charge < -0.3 is 0 Å². The Balaban J connectivity index is 4.83. The molecule has 0 N–H and O–H groups in total. The Labute approximate surface area is 88.5 Å². The van der Waals surface area contributed by atoms with Gasteiger partial charge in [-0.15, -0.1) is 0 Å². The van der Waals surface area contributed by atoms with Crippen molar-refractivity contribution in [2.45, 2.75) is 27.7 Å². The van der Waals surface area contributed by atoms with Crippen molar-refractivity contribution < 1.29 is 8.42 Å². The second kappa shape index (κ2) is 4.09. The monoisotopic (exact) mass is 302 g/mol. The van der Waals surface area contributed by atoms with Crippen LogP contribution < -0.4 is 0 Å². The third-order valence-corrected chi connectivity index (χ3v) is 5.15. The standard InChI is InChI=1S/C8H15IO2S/c1-5-12(10,11)6-7(9)8(2,3)4/h6H,5H2,1-4H3. The van der Waals surface area contributed by atoms with Crippen molar-refractivity contribution in [2.75, 3.05) is 5.75 Å². The number of rotatable bonds is 2. The van der Waals surface area contributed by atoms with Gasteiger partial charge in [0.15, 0.2) is 9.84 Å². The van der Waals surface area contributed by atoms with Gasteiger partial charge in [0.2, 0.25) is 0 Å². The summed E-state index contributed by atoms with van der Waals surface area (Å²) >= 11 is 2.08. The number of sulfone groups is 1. The van der Waals surface area contributed by atoms with Crippen molar-refractivity contribution in [2.24, 2.45) is 5.41 Å². The fraction of sp³-hybridized carbons (Fsp3) is 0.750. The summed E-state index contributed by atoms with van der Waals surface area (Å²) in [6.07, 6.45) is 0. The fourth-order valence-corrected chi connectivity index (χ4v) is 2.42. The van der Waals surface area contributed by atoms with E-state index in [9.17, 15) is 8.42 Å². The van der Waals surface area contributed by atoms with Gasteiger partial charge in [-0.1, -0.05) is 27.7 Å². The van der Waals surface area contributed by atoms with Crippen molar-refractivity contribution in [3.63, 3.8) is 0 Å². The molecule has 0 atom stereocenters. The lowest BCUT2D eigenvalue weighted by atomic mass is 9.98. The average molecular weight is 302 g/mol. The van der Waals surface area contributed by atoms with E-state index in [0.29, 0.717) is 0 Å². The highest BCUT2D eigenvalue weighted by Crippen LogP contribution is 2.31. The van der Waals surface area contributed by atoms with Crippen molar-refractivity contribution in [3.05, 3.63) is 8.99 Å². The van der Waals surface area contributed by atoms with Gasteiger partial charge in [0, 0.05) is 8.99 Å². The molecule has 0 radical (unpaired) electrons. The van der Waals surface area contributed by atoms with Crippen LogP contribution in [0.5, 0.6) is 0 Å². The molecule has 0 amide bonds. The summed E-state index contributed by atoms with van der Waals surface area (Å²) in [7, 11) is -2.97. The molecule has 0 rings (SSSR count). The van der Waals surface area contributed by atoms with Crippen LogP contribution in [0.4, 0.5) is 0 Å². The largest absolute Gasteiger partial charge is 0.224 e. The Morgan fingerprint density at radius 3 is 2.08 bits per heavy atom. The first-order chi connectivity index (χ1) is 5.19. The van der Waals surface area contributed by atoms with E-state index in [-0.39, 0.29) is 11.2 Å². The zero-order valence-electron chi connectivity index (χ0n) is 7.89. The summed E-state index contributed by atoms with van der Waals surface area (Å²) < 4.78 is 23.2. The van der Waals surface area contributed by atoms with Gasteiger partial charge in [-0.3, -0.25) is 0 Å². The van der Waals surface area contributed by atoms with Crippen LogP contribution in [0.1, 0.15) is 27.7 Å². The van der Waals surface area contributed by atoms with Crippen LogP contribution in [0.25, 0.3) is 0 Å². The van der Waals surface area contributed by atoms with Crippen molar-refractivity contribution in [1.29, 1.82) is 0 Å². The number of hydrogen-bond donors (Lipinski definition) is 0. The van der Waals surface area contributed by atoms with Crippen LogP contribution in [-0.4, -0.2) is 14.2 Å². The summed E-state index contributed by atoms with van der Waals surface area (Å²) in [6, 6.07) is 0. The second-order valence-electron chi connectivity index (χ2n) is 3.67. The second-order valence-corrected chi connectivity index (χ2v) is 6.97. The highest BCUT2D eigenvalue weighted by Gasteiger charge is 2.16. The third-order valence-electron chi connectivity index (χ3n) is 1.40. The first-order valence-electron chi connectivity index (χ1n) is 3.79. The van der Waals surface area contributed by atoms with Gasteiger partial charge in [-0.05, 0) is 28.0 Å². The van der Waals surface area contributed by atoms with Crippen molar-refractivity contribution in [3.8, 4) is 0 Å². The maximum atomic E-state index is 11.2. The molecule has 0 saturated heterocycles. The van der Waals surface area contributed by atoms with Crippen molar-refractivity contribution in [1.82, 2.24) is 0 Å². The van der Waals surface area contributed by atoms with Gasteiger partial charge in [0.25, 0.3) is 0 Å². The molecule has 0 aliphatic heterocycles. The summed E-state index contributed by atoms with van der Waals surface area (Å²) in [5.74, 6) is 0.176. The molecule has 0 fully saturated rings. The molecule has 0 aliphatic carbocycles. The molecule has 0 aromatic carbocycles. The van der Waals surface area contributed by atoms with Crippen LogP contribution in [-0.2, 0) is 9.84 Å². The minimum atomic E-state index is -2.97. The molecular weight excluding hydrogens is 287 g/mol. The van der Waals surface area contributed by atoms with E-state index < -0.39 is 9.84 Å². The molecule has 0 aromatic rings. The maximum Gasteiger partial charge on any atom is 0.172 e. The van der Waals surface area contributed by atoms with E-state index in [4.69, 9.17) is 0 Å². The Kier molecular flexibility index (Phi) is 4.23. The molecule has 0 aromatic heterocycles. The number of hydrogen-bond acceptors (Lipinski definition) is 2. The Bertz CT molecular complexity index is 270. The summed E-state index contributed by atoms with van der Waals surface area (Å²) in [5.41, 5.74) is -0.0667. The zero-order valence-corrected chi connectivity index (χ0v) is 10.9. The Morgan fingerprint density at radius 1 is 1.42 bits per heavy atom. The van der Waals surface area contributed by atoms with Crippen LogP contribution in [0.15, 0.2) is 8.99 Å². The van der Waals surface area contributed by atoms with E-state index >= 15 is 0 Å². The minimum absolute atomic E-state index is 0.0667. The zero-order chi connectivity index (χ0) is 9.99. The van der Waals surface area contributed by atoms with Crippen LogP contribution >= 0.6 is 22.6 Å². The SMILES string of the molecule is CCS(=O)(=O)C=C(I)C(C)(C)C. The molecule has 0 unspecified atom stereocenters. The quantitative estimate of drug-likeness (QED) is 0.735. The lowest BCUT2D eigenvalue weighted by molar-refractivity contribution is 0.538. The molecular formula is C8H15IO2S. The number of halogens is 1. The van der Waals surface area contributed by atoms with Gasteiger partial charge in [0.05, 0.1) is 5.75 Å². The molecule has 0 bridgehead atoms. The summed E-state index contributed by atoms with van der Waals surface area (Å²) in [6.45, 7) is 7.64. The predicted octanol–water partition coefficient (Wildman–Crippen LogP) is 2.74. The van der Waals surface area contributed by atoms with Crippen LogP contribution in [0.2, 0.25) is 0 Å². The molecule has 12 heavy (non-hydrogen) atoms. The molecule has 0 spiro atoms. The minimum Gasteiger partial charge on any atom is -0.224 e. The molecule has 72 valence electrons. The first kappa shape index (κ1) is 12.4. The first-order valence-corrected chi connectivity index (χ1v) is 6.59. The molecule has 0 heterocycles. The van der Waals surface area contributed by atoms with E-state index in [1.165, 1.54) is 5.41 Å². The van der Waals surface area contributed by atoms with Crippen LogP contribution in [0, 0.1) is 5.41 Å². The molecule has 2 nitrogen and oxygen atoms in total. The normalized spacial score (nSPS) is 14.9. The smallest absolute Gasteiger partial charge is 0.172 e. The van der Waals surface area contributed by atoms with E-state index in [0.717, 1.165) is 3.58 Å². The van der Waals surface area contributed by atoms with E-state index in [1.807, 2.05) is 20.8 Å². The molecule has 4 heteroatoms. The molecule has 0 saturated carbocycles. The molecule has 0 aliphatic rings. The van der Waals surface area contributed by atoms with Gasteiger partial charge in [-0.2, -0.15) is 0 Å². The van der Waals surface area contributed by atoms with E-state index in [2.05, 4.69) is 22.6 Å². The maximum absolute atomic E-state index is 11.2. The third kappa shape index (κ3) is 4.45. The average Bonchev–Trinajstić information content (AvgIpc) is 1.85. The topological polar surface area (TPSA) is 34.1 Å². The Morgan fingerprint density at radius 2 is 1.83 bits per heavy atom. The van der Waals surface area contributed by atoms with Crippen molar-refractivity contribution >= 4 is 32.4 Å². The number of allylic oxidation sites excluding steroid dienone is 1. The highest BCUT2D eigenvalue weighted by atomic mass is 127.